The first kappa shape index (κ1) is 22.3. The van der Waals surface area contributed by atoms with Crippen LogP contribution in [0.25, 0.3) is 0 Å². The number of guanidine groups is 1. The second-order valence-corrected chi connectivity index (χ2v) is 9.99. The lowest BCUT2D eigenvalue weighted by Gasteiger charge is -2.23. The summed E-state index contributed by atoms with van der Waals surface area (Å²) in [5, 5.41) is 6.32. The number of benzene rings is 1. The van der Waals surface area contributed by atoms with Crippen LogP contribution in [0.5, 0.6) is 0 Å². The van der Waals surface area contributed by atoms with Crippen LogP contribution in [0.15, 0.2) is 35.3 Å². The number of sulfone groups is 1. The SMILES string of the molecule is CCN(CCCNC(=NC)NCCS(=O)(=O)C(C)(C)C)c1ccccc1. The van der Waals surface area contributed by atoms with Crippen molar-refractivity contribution < 1.29 is 8.42 Å². The van der Waals surface area contributed by atoms with E-state index in [2.05, 4.69) is 39.6 Å². The lowest BCUT2D eigenvalue weighted by atomic mass is 10.2. The molecule has 0 radical (unpaired) electrons. The Morgan fingerprint density at radius 1 is 1.12 bits per heavy atom. The number of aliphatic imine (C=N–C) groups is 1. The summed E-state index contributed by atoms with van der Waals surface area (Å²) in [6.07, 6.45) is 0.962. The van der Waals surface area contributed by atoms with Gasteiger partial charge in [0.05, 0.1) is 10.5 Å². The highest BCUT2D eigenvalue weighted by Crippen LogP contribution is 2.15. The Hall–Kier alpha value is -1.76. The van der Waals surface area contributed by atoms with Crippen molar-refractivity contribution >= 4 is 21.5 Å². The molecule has 0 saturated heterocycles. The molecule has 0 aliphatic carbocycles. The van der Waals surface area contributed by atoms with Crippen LogP contribution < -0.4 is 15.5 Å². The van der Waals surface area contributed by atoms with E-state index < -0.39 is 14.6 Å². The van der Waals surface area contributed by atoms with Gasteiger partial charge in [-0.1, -0.05) is 18.2 Å². The highest BCUT2D eigenvalue weighted by molar-refractivity contribution is 7.92. The lowest BCUT2D eigenvalue weighted by Crippen LogP contribution is -2.42. The summed E-state index contributed by atoms with van der Waals surface area (Å²) in [6.45, 7) is 10.4. The predicted molar refractivity (Wildman–Crippen MR) is 112 cm³/mol. The van der Waals surface area contributed by atoms with Gasteiger partial charge in [-0.3, -0.25) is 4.99 Å². The molecule has 0 amide bonds. The molecule has 7 heteroatoms. The number of hydrogen-bond acceptors (Lipinski definition) is 4. The van der Waals surface area contributed by atoms with E-state index in [9.17, 15) is 8.42 Å². The molecule has 1 rings (SSSR count). The summed E-state index contributed by atoms with van der Waals surface area (Å²) < 4.78 is 23.5. The fourth-order valence-corrected chi connectivity index (χ4v) is 3.40. The summed E-state index contributed by atoms with van der Waals surface area (Å²) >= 11 is 0. The van der Waals surface area contributed by atoms with Crippen LogP contribution in [0.3, 0.4) is 0 Å². The molecular formula is C19H34N4O2S. The highest BCUT2D eigenvalue weighted by Gasteiger charge is 2.28. The zero-order valence-corrected chi connectivity index (χ0v) is 17.6. The molecule has 1 aromatic carbocycles. The molecule has 0 aromatic heterocycles. The molecule has 0 atom stereocenters. The van der Waals surface area contributed by atoms with Crippen LogP contribution >= 0.6 is 0 Å². The van der Waals surface area contributed by atoms with Gasteiger partial charge in [0, 0.05) is 38.9 Å². The molecular weight excluding hydrogens is 348 g/mol. The Balaban J connectivity index is 2.34. The maximum atomic E-state index is 12.1. The van der Waals surface area contributed by atoms with E-state index in [1.165, 1.54) is 5.69 Å². The molecule has 2 N–H and O–H groups in total. The van der Waals surface area contributed by atoms with Crippen molar-refractivity contribution in [1.82, 2.24) is 10.6 Å². The van der Waals surface area contributed by atoms with Crippen molar-refractivity contribution in [3.8, 4) is 0 Å². The van der Waals surface area contributed by atoms with Crippen LogP contribution in [-0.2, 0) is 9.84 Å². The van der Waals surface area contributed by atoms with E-state index in [1.807, 2.05) is 18.2 Å². The van der Waals surface area contributed by atoms with Crippen molar-refractivity contribution in [2.24, 2.45) is 4.99 Å². The highest BCUT2D eigenvalue weighted by atomic mass is 32.2. The third kappa shape index (κ3) is 7.23. The summed E-state index contributed by atoms with van der Waals surface area (Å²) in [5.41, 5.74) is 1.23. The van der Waals surface area contributed by atoms with Gasteiger partial charge in [0.1, 0.15) is 0 Å². The van der Waals surface area contributed by atoms with Crippen LogP contribution in [-0.4, -0.2) is 58.1 Å². The van der Waals surface area contributed by atoms with Crippen molar-refractivity contribution in [3.63, 3.8) is 0 Å². The minimum Gasteiger partial charge on any atom is -0.372 e. The molecule has 0 spiro atoms. The molecule has 26 heavy (non-hydrogen) atoms. The number of hydrogen-bond donors (Lipinski definition) is 2. The normalized spacial score (nSPS) is 12.7. The molecule has 148 valence electrons. The molecule has 1 aromatic rings. The van der Waals surface area contributed by atoms with Gasteiger partial charge >= 0.3 is 0 Å². The fourth-order valence-electron chi connectivity index (χ4n) is 2.42. The summed E-state index contributed by atoms with van der Waals surface area (Å²) in [5.74, 6) is 0.728. The molecule has 0 aliphatic heterocycles. The third-order valence-electron chi connectivity index (χ3n) is 4.22. The zero-order chi connectivity index (χ0) is 19.6. The third-order valence-corrected chi connectivity index (χ3v) is 6.83. The van der Waals surface area contributed by atoms with Crippen molar-refractivity contribution in [2.45, 2.75) is 38.9 Å². The van der Waals surface area contributed by atoms with Crippen molar-refractivity contribution in [3.05, 3.63) is 30.3 Å². The summed E-state index contributed by atoms with van der Waals surface area (Å²) in [4.78, 5) is 6.48. The van der Waals surface area contributed by atoms with E-state index in [0.29, 0.717) is 12.5 Å². The van der Waals surface area contributed by atoms with E-state index >= 15 is 0 Å². The van der Waals surface area contributed by atoms with Gasteiger partial charge in [-0.25, -0.2) is 8.42 Å². The first-order valence-corrected chi connectivity index (χ1v) is 10.8. The van der Waals surface area contributed by atoms with Crippen LogP contribution in [0.2, 0.25) is 0 Å². The molecule has 6 nitrogen and oxygen atoms in total. The molecule has 0 bridgehead atoms. The maximum Gasteiger partial charge on any atom is 0.191 e. The van der Waals surface area contributed by atoms with E-state index in [1.54, 1.807) is 27.8 Å². The predicted octanol–water partition coefficient (Wildman–Crippen LogP) is 2.28. The maximum absolute atomic E-state index is 12.1. The van der Waals surface area contributed by atoms with Gasteiger partial charge in [0.25, 0.3) is 0 Å². The Morgan fingerprint density at radius 3 is 2.27 bits per heavy atom. The summed E-state index contributed by atoms with van der Waals surface area (Å²) in [7, 11) is -1.43. The second kappa shape index (κ2) is 10.4. The molecule has 0 unspecified atom stereocenters. The van der Waals surface area contributed by atoms with E-state index in [0.717, 1.165) is 26.1 Å². The summed E-state index contributed by atoms with van der Waals surface area (Å²) in [6, 6.07) is 10.4. The largest absolute Gasteiger partial charge is 0.372 e. The Labute approximate surface area is 159 Å². The standard InChI is InChI=1S/C19H34N4O2S/c1-6-23(17-11-8-7-9-12-17)15-10-13-21-18(20-5)22-14-16-26(24,25)19(2,3)4/h7-9,11-12H,6,10,13-16H2,1-5H3,(H2,20,21,22). The van der Waals surface area contributed by atoms with E-state index in [4.69, 9.17) is 0 Å². The number of anilines is 1. The quantitative estimate of drug-likeness (QED) is 0.389. The average molecular weight is 383 g/mol. The number of para-hydroxylation sites is 1. The van der Waals surface area contributed by atoms with Crippen LogP contribution in [0, 0.1) is 0 Å². The van der Waals surface area contributed by atoms with Crippen LogP contribution in [0.4, 0.5) is 5.69 Å². The Kier molecular flexibility index (Phi) is 8.92. The van der Waals surface area contributed by atoms with Gasteiger partial charge in [0.2, 0.25) is 0 Å². The van der Waals surface area contributed by atoms with Crippen molar-refractivity contribution in [1.29, 1.82) is 0 Å². The Bertz CT molecular complexity index is 652. The molecule has 0 aliphatic rings. The smallest absolute Gasteiger partial charge is 0.191 e. The fraction of sp³-hybridized carbons (Fsp3) is 0.632. The Morgan fingerprint density at radius 2 is 1.73 bits per heavy atom. The zero-order valence-electron chi connectivity index (χ0n) is 16.7. The van der Waals surface area contributed by atoms with Gasteiger partial charge in [-0.2, -0.15) is 0 Å². The first-order valence-electron chi connectivity index (χ1n) is 9.18. The minimum absolute atomic E-state index is 0.0921. The lowest BCUT2D eigenvalue weighted by molar-refractivity contribution is 0.559. The molecule has 0 fully saturated rings. The minimum atomic E-state index is -3.12. The van der Waals surface area contributed by atoms with Gasteiger partial charge < -0.3 is 15.5 Å². The number of nitrogens with one attached hydrogen (secondary N) is 2. The van der Waals surface area contributed by atoms with Gasteiger partial charge in [0.15, 0.2) is 15.8 Å². The molecule has 0 heterocycles. The van der Waals surface area contributed by atoms with Gasteiger partial charge in [-0.15, -0.1) is 0 Å². The monoisotopic (exact) mass is 382 g/mol. The van der Waals surface area contributed by atoms with E-state index in [-0.39, 0.29) is 5.75 Å². The average Bonchev–Trinajstić information content (AvgIpc) is 2.60. The molecule has 0 saturated carbocycles. The number of rotatable bonds is 9. The van der Waals surface area contributed by atoms with Gasteiger partial charge in [-0.05, 0) is 46.2 Å². The van der Waals surface area contributed by atoms with Crippen molar-refractivity contribution in [2.75, 3.05) is 43.9 Å². The first-order chi connectivity index (χ1) is 12.2. The topological polar surface area (TPSA) is 73.8 Å². The number of nitrogens with zero attached hydrogens (tertiary/aromatic N) is 2. The second-order valence-electron chi connectivity index (χ2n) is 7.13. The van der Waals surface area contributed by atoms with Crippen LogP contribution in [0.1, 0.15) is 34.1 Å².